The van der Waals surface area contributed by atoms with Crippen LogP contribution in [-0.4, -0.2) is 44.9 Å². The molecule has 3 atom stereocenters. The summed E-state index contributed by atoms with van der Waals surface area (Å²) < 4.78 is 29.9. The van der Waals surface area contributed by atoms with E-state index in [2.05, 4.69) is 28.7 Å². The summed E-state index contributed by atoms with van der Waals surface area (Å²) in [6, 6.07) is 9.96. The lowest BCUT2D eigenvalue weighted by Crippen LogP contribution is -2.34. The smallest absolute Gasteiger partial charge is 0.270 e. The number of rotatable bonds is 5. The Labute approximate surface area is 218 Å². The van der Waals surface area contributed by atoms with Crippen molar-refractivity contribution in [2.24, 2.45) is 17.8 Å². The molecule has 3 aliphatic rings. The number of pyridine rings is 2. The number of nitrogen functional groups attached to an aromatic ring is 1. The highest BCUT2D eigenvalue weighted by atomic mass is 19.3. The molecule has 0 aliphatic heterocycles. The van der Waals surface area contributed by atoms with Crippen LogP contribution in [0.5, 0.6) is 0 Å². The molecule has 0 radical (unpaired) electrons. The van der Waals surface area contributed by atoms with E-state index in [0.29, 0.717) is 41.6 Å². The van der Waals surface area contributed by atoms with Crippen molar-refractivity contribution in [2.75, 3.05) is 26.4 Å². The Kier molecular flexibility index (Phi) is 5.24. The fourth-order valence-corrected chi connectivity index (χ4v) is 7.00. The molecule has 3 saturated carbocycles. The number of nitrogens with zero attached hydrogens (tertiary/aromatic N) is 5. The molecule has 1 unspecified atom stereocenters. The number of aromatic nitrogens is 4. The largest absolute Gasteiger partial charge is 0.383 e. The van der Waals surface area contributed by atoms with Crippen LogP contribution in [0, 0.1) is 17.8 Å². The van der Waals surface area contributed by atoms with Crippen LogP contribution in [0.15, 0.2) is 59.2 Å². The molecule has 0 bridgehead atoms. The zero-order valence-electron chi connectivity index (χ0n) is 21.4. The molecule has 196 valence electrons. The van der Waals surface area contributed by atoms with Crippen LogP contribution < -0.4 is 11.3 Å². The van der Waals surface area contributed by atoms with Crippen LogP contribution in [0.3, 0.4) is 0 Å². The summed E-state index contributed by atoms with van der Waals surface area (Å²) >= 11 is 0. The summed E-state index contributed by atoms with van der Waals surface area (Å²) in [4.78, 5) is 20.2. The van der Waals surface area contributed by atoms with Gasteiger partial charge in [0.15, 0.2) is 0 Å². The maximum atomic E-state index is 13.6. The normalized spacial score (nSPS) is 26.2. The first-order valence-electron chi connectivity index (χ1n) is 13.3. The van der Waals surface area contributed by atoms with Crippen molar-refractivity contribution in [1.82, 2.24) is 24.2 Å². The molecule has 0 saturated heterocycles. The van der Waals surface area contributed by atoms with Crippen LogP contribution >= 0.6 is 0 Å². The topological polar surface area (TPSA) is 82.0 Å². The number of hydrogen-bond donors (Lipinski definition) is 1. The van der Waals surface area contributed by atoms with Gasteiger partial charge in [0.25, 0.3) is 11.6 Å². The molecule has 3 fully saturated rings. The maximum absolute atomic E-state index is 13.6. The van der Waals surface area contributed by atoms with Crippen molar-refractivity contribution in [2.45, 2.75) is 37.8 Å². The van der Waals surface area contributed by atoms with Crippen LogP contribution in [0.4, 0.5) is 14.6 Å². The summed E-state index contributed by atoms with van der Waals surface area (Å²) in [5.74, 6) is 0.917. The molecule has 3 aliphatic carbocycles. The third kappa shape index (κ3) is 3.59. The highest BCUT2D eigenvalue weighted by Crippen LogP contribution is 2.61. The van der Waals surface area contributed by atoms with Gasteiger partial charge in [-0.1, -0.05) is 12.1 Å². The zero-order valence-corrected chi connectivity index (χ0v) is 21.4. The van der Waals surface area contributed by atoms with Gasteiger partial charge in [0, 0.05) is 41.5 Å². The SMILES string of the molecule is CN(C)CC1CC(n2nc(-c3ccc4ccn(C5C[C@@H]6C(=C(F)F)[C@@H]6C5)c(=O)c4c3)c3c(N)nccc32)C1. The number of anilines is 1. The van der Waals surface area contributed by atoms with E-state index < -0.39 is 6.08 Å². The van der Waals surface area contributed by atoms with E-state index in [1.807, 2.05) is 36.5 Å². The van der Waals surface area contributed by atoms with Crippen molar-refractivity contribution in [3.8, 4) is 11.3 Å². The minimum absolute atomic E-state index is 0.0535. The lowest BCUT2D eigenvalue weighted by atomic mass is 9.80. The van der Waals surface area contributed by atoms with Crippen LogP contribution in [-0.2, 0) is 0 Å². The van der Waals surface area contributed by atoms with Gasteiger partial charge in [-0.05, 0) is 81.1 Å². The first-order valence-corrected chi connectivity index (χ1v) is 13.3. The van der Waals surface area contributed by atoms with E-state index in [0.717, 1.165) is 46.9 Å². The van der Waals surface area contributed by atoms with Gasteiger partial charge in [0.2, 0.25) is 0 Å². The van der Waals surface area contributed by atoms with Gasteiger partial charge in [0.05, 0.1) is 16.9 Å². The Bertz CT molecular complexity index is 1660. The first-order chi connectivity index (χ1) is 18.3. The molecular weight excluding hydrogens is 486 g/mol. The average molecular weight is 517 g/mol. The highest BCUT2D eigenvalue weighted by Gasteiger charge is 2.54. The summed E-state index contributed by atoms with van der Waals surface area (Å²) in [6.45, 7) is 1.06. The van der Waals surface area contributed by atoms with E-state index in [1.165, 1.54) is 0 Å². The van der Waals surface area contributed by atoms with Crippen LogP contribution in [0.25, 0.3) is 32.9 Å². The van der Waals surface area contributed by atoms with E-state index in [4.69, 9.17) is 10.8 Å². The maximum Gasteiger partial charge on any atom is 0.270 e. The third-order valence-electron chi connectivity index (χ3n) is 8.88. The van der Waals surface area contributed by atoms with Gasteiger partial charge < -0.3 is 15.2 Å². The molecule has 0 spiro atoms. The van der Waals surface area contributed by atoms with Crippen molar-refractivity contribution in [1.29, 1.82) is 0 Å². The van der Waals surface area contributed by atoms with E-state index in [9.17, 15) is 13.6 Å². The second kappa shape index (κ2) is 8.46. The zero-order chi connectivity index (χ0) is 26.3. The van der Waals surface area contributed by atoms with Crippen LogP contribution in [0.2, 0.25) is 0 Å². The molecule has 2 N–H and O–H groups in total. The molecule has 7 rings (SSSR count). The lowest BCUT2D eigenvalue weighted by molar-refractivity contribution is 0.150. The van der Waals surface area contributed by atoms with Gasteiger partial charge in [-0.15, -0.1) is 0 Å². The predicted molar refractivity (Wildman–Crippen MR) is 144 cm³/mol. The molecule has 3 heterocycles. The summed E-state index contributed by atoms with van der Waals surface area (Å²) in [5.41, 5.74) is 9.07. The quantitative estimate of drug-likeness (QED) is 0.392. The number of halogens is 2. The van der Waals surface area contributed by atoms with Gasteiger partial charge in [-0.2, -0.15) is 13.9 Å². The Morgan fingerprint density at radius 3 is 2.55 bits per heavy atom. The summed E-state index contributed by atoms with van der Waals surface area (Å²) in [6.07, 6.45) is 5.30. The first kappa shape index (κ1) is 23.5. The molecule has 9 heteroatoms. The highest BCUT2D eigenvalue weighted by molar-refractivity contribution is 6.01. The third-order valence-corrected chi connectivity index (χ3v) is 8.88. The van der Waals surface area contributed by atoms with E-state index in [1.54, 1.807) is 10.8 Å². The molecule has 3 aromatic heterocycles. The number of fused-ring (bicyclic) bond motifs is 3. The van der Waals surface area contributed by atoms with Crippen molar-refractivity contribution >= 4 is 27.5 Å². The predicted octanol–water partition coefficient (Wildman–Crippen LogP) is 5.24. The molecule has 7 nitrogen and oxygen atoms in total. The van der Waals surface area contributed by atoms with E-state index >= 15 is 0 Å². The van der Waals surface area contributed by atoms with E-state index in [-0.39, 0.29) is 23.4 Å². The standard InChI is InChI=1S/C29H30F2N6O/c1-35(2)14-15-9-19(10-15)37-23-5-7-33-28(32)25(23)26(34-37)17-4-3-16-6-8-36(29(38)20(16)11-17)18-12-21-22(13-18)24(21)27(30)31/h3-8,11,15,18-19,21-22H,9-10,12-14H2,1-2H3,(H2,32,33)/t15?,18?,19?,21-,22+. The van der Waals surface area contributed by atoms with Gasteiger partial charge in [-0.25, -0.2) is 4.98 Å². The Morgan fingerprint density at radius 1 is 1.08 bits per heavy atom. The minimum Gasteiger partial charge on any atom is -0.383 e. The lowest BCUT2D eigenvalue weighted by Gasteiger charge is -2.37. The van der Waals surface area contributed by atoms with Crippen molar-refractivity contribution < 1.29 is 8.78 Å². The second-order valence-electron chi connectivity index (χ2n) is 11.5. The van der Waals surface area contributed by atoms with Gasteiger partial charge in [0.1, 0.15) is 11.5 Å². The average Bonchev–Trinajstić information content (AvgIpc) is 3.18. The molecular formula is C29H30F2N6O. The molecule has 4 aromatic rings. The fraction of sp³-hybridized carbons (Fsp3) is 0.414. The number of allylic oxidation sites excluding steroid dienone is 1. The van der Waals surface area contributed by atoms with Gasteiger partial charge in [-0.3, -0.25) is 9.48 Å². The number of nitrogens with two attached hydrogens (primary N) is 1. The Hall–Kier alpha value is -3.59. The Morgan fingerprint density at radius 2 is 1.84 bits per heavy atom. The van der Waals surface area contributed by atoms with Crippen molar-refractivity contribution in [3.05, 3.63) is 64.7 Å². The minimum atomic E-state index is -1.54. The number of hydrogen-bond acceptors (Lipinski definition) is 5. The van der Waals surface area contributed by atoms with Gasteiger partial charge >= 0.3 is 0 Å². The molecule has 38 heavy (non-hydrogen) atoms. The van der Waals surface area contributed by atoms with Crippen molar-refractivity contribution in [3.63, 3.8) is 0 Å². The monoisotopic (exact) mass is 516 g/mol. The van der Waals surface area contributed by atoms with Crippen LogP contribution in [0.1, 0.15) is 37.8 Å². The second-order valence-corrected chi connectivity index (χ2v) is 11.5. The Balaban J connectivity index is 1.26. The fourth-order valence-electron chi connectivity index (χ4n) is 7.00. The molecule has 1 aromatic carbocycles. The molecule has 0 amide bonds. The summed E-state index contributed by atoms with van der Waals surface area (Å²) in [5, 5.41) is 7.28. The number of benzene rings is 1. The summed E-state index contributed by atoms with van der Waals surface area (Å²) in [7, 11) is 4.20.